The van der Waals surface area contributed by atoms with E-state index in [2.05, 4.69) is 10.4 Å². The van der Waals surface area contributed by atoms with E-state index in [4.69, 9.17) is 17.3 Å². The molecule has 0 fully saturated rings. The van der Waals surface area contributed by atoms with Gasteiger partial charge in [-0.15, -0.1) is 0 Å². The van der Waals surface area contributed by atoms with Crippen molar-refractivity contribution in [3.05, 3.63) is 41.7 Å². The highest BCUT2D eigenvalue weighted by Crippen LogP contribution is 2.24. The molecule has 2 aromatic rings. The molecule has 1 amide bonds. The minimum absolute atomic E-state index is 0.216. The first kappa shape index (κ1) is 15.5. The fourth-order valence-electron chi connectivity index (χ4n) is 2.09. The molecule has 1 unspecified atom stereocenters. The Morgan fingerprint density at radius 1 is 1.52 bits per heavy atom. The summed E-state index contributed by atoms with van der Waals surface area (Å²) in [6.45, 7) is 3.72. The van der Waals surface area contributed by atoms with Crippen molar-refractivity contribution in [2.24, 2.45) is 5.73 Å². The molecule has 112 valence electrons. The Bertz CT molecular complexity index is 623. The highest BCUT2D eigenvalue weighted by Gasteiger charge is 2.27. The van der Waals surface area contributed by atoms with E-state index >= 15 is 0 Å². The number of carbonyl (C=O) groups is 1. The summed E-state index contributed by atoms with van der Waals surface area (Å²) in [5.74, 6) is -0.216. The van der Waals surface area contributed by atoms with E-state index in [1.807, 2.05) is 13.0 Å². The Hall–Kier alpha value is -1.85. The van der Waals surface area contributed by atoms with Crippen molar-refractivity contribution in [2.75, 3.05) is 5.32 Å². The summed E-state index contributed by atoms with van der Waals surface area (Å²) in [6, 6.07) is 7.09. The maximum atomic E-state index is 12.2. The summed E-state index contributed by atoms with van der Waals surface area (Å²) >= 11 is 6.24. The summed E-state index contributed by atoms with van der Waals surface area (Å²) in [5.41, 5.74) is 6.49. The number of nitrogens with two attached hydrogens (primary N) is 1. The van der Waals surface area contributed by atoms with E-state index < -0.39 is 5.54 Å². The van der Waals surface area contributed by atoms with Gasteiger partial charge >= 0.3 is 0 Å². The number of nitrogens with one attached hydrogen (secondary N) is 1. The number of hydrogen-bond donors (Lipinski definition) is 2. The van der Waals surface area contributed by atoms with Crippen LogP contribution in [0, 0.1) is 0 Å². The van der Waals surface area contributed by atoms with Gasteiger partial charge in [0.2, 0.25) is 5.91 Å². The molecule has 0 radical (unpaired) electrons. The molecular weight excluding hydrogens is 288 g/mol. The Kier molecular flexibility index (Phi) is 4.65. The first-order chi connectivity index (χ1) is 9.94. The molecule has 2 rings (SSSR count). The van der Waals surface area contributed by atoms with Crippen LogP contribution in [0.4, 0.5) is 5.69 Å². The lowest BCUT2D eigenvalue weighted by Crippen LogP contribution is -2.48. The van der Waals surface area contributed by atoms with Crippen LogP contribution in [0.15, 0.2) is 36.7 Å². The quantitative estimate of drug-likeness (QED) is 0.892. The van der Waals surface area contributed by atoms with Gasteiger partial charge in [-0.3, -0.25) is 4.79 Å². The molecule has 0 saturated carbocycles. The third kappa shape index (κ3) is 3.62. The minimum atomic E-state index is -0.887. The lowest BCUT2D eigenvalue weighted by atomic mass is 9.96. The molecule has 21 heavy (non-hydrogen) atoms. The second-order valence-electron chi connectivity index (χ2n) is 5.24. The second kappa shape index (κ2) is 6.28. The molecule has 6 heteroatoms. The summed E-state index contributed by atoms with van der Waals surface area (Å²) in [7, 11) is 0. The second-order valence-corrected chi connectivity index (χ2v) is 5.65. The van der Waals surface area contributed by atoms with E-state index in [0.717, 1.165) is 12.1 Å². The summed E-state index contributed by atoms with van der Waals surface area (Å²) in [5, 5.41) is 7.43. The Morgan fingerprint density at radius 2 is 2.29 bits per heavy atom. The fourth-order valence-corrected chi connectivity index (χ4v) is 2.36. The maximum absolute atomic E-state index is 12.2. The van der Waals surface area contributed by atoms with E-state index in [-0.39, 0.29) is 5.91 Å². The molecule has 0 aliphatic carbocycles. The van der Waals surface area contributed by atoms with Gasteiger partial charge in [0.1, 0.15) is 0 Å². The van der Waals surface area contributed by atoms with Gasteiger partial charge < -0.3 is 11.1 Å². The molecular formula is C15H19ClN4O. The van der Waals surface area contributed by atoms with Crippen molar-refractivity contribution >= 4 is 23.2 Å². The monoisotopic (exact) mass is 306 g/mol. The predicted octanol–water partition coefficient (Wildman–Crippen LogP) is 2.98. The average molecular weight is 307 g/mol. The average Bonchev–Trinajstić information content (AvgIpc) is 2.92. The largest absolute Gasteiger partial charge is 0.324 e. The minimum Gasteiger partial charge on any atom is -0.324 e. The van der Waals surface area contributed by atoms with Crippen molar-refractivity contribution in [3.8, 4) is 5.69 Å². The first-order valence-electron chi connectivity index (χ1n) is 6.84. The standard InChI is InChI=1S/C15H19ClN4O/c1-3-7-15(2,17)14(21)19-11-5-6-13(12(16)10-11)20-9-4-8-18-20/h4-6,8-10H,3,7,17H2,1-2H3,(H,19,21). The summed E-state index contributed by atoms with van der Waals surface area (Å²) in [4.78, 5) is 12.2. The lowest BCUT2D eigenvalue weighted by molar-refractivity contribution is -0.120. The van der Waals surface area contributed by atoms with Crippen molar-refractivity contribution < 1.29 is 4.79 Å². The fraction of sp³-hybridized carbons (Fsp3) is 0.333. The topological polar surface area (TPSA) is 72.9 Å². The van der Waals surface area contributed by atoms with Crippen LogP contribution in [0.25, 0.3) is 5.69 Å². The molecule has 1 aromatic carbocycles. The number of benzene rings is 1. The third-order valence-electron chi connectivity index (χ3n) is 3.24. The SMILES string of the molecule is CCCC(C)(N)C(=O)Nc1ccc(-n2cccn2)c(Cl)c1. The smallest absolute Gasteiger partial charge is 0.244 e. The van der Waals surface area contributed by atoms with Crippen molar-refractivity contribution in [2.45, 2.75) is 32.2 Å². The van der Waals surface area contributed by atoms with E-state index in [0.29, 0.717) is 17.1 Å². The highest BCUT2D eigenvalue weighted by molar-refractivity contribution is 6.32. The first-order valence-corrected chi connectivity index (χ1v) is 7.22. The number of hydrogen-bond acceptors (Lipinski definition) is 3. The normalized spacial score (nSPS) is 13.7. The zero-order valence-electron chi connectivity index (χ0n) is 12.1. The van der Waals surface area contributed by atoms with Gasteiger partial charge in [0, 0.05) is 18.1 Å². The number of halogens is 1. The van der Waals surface area contributed by atoms with Gasteiger partial charge in [-0.1, -0.05) is 24.9 Å². The van der Waals surface area contributed by atoms with Crippen LogP contribution in [0.5, 0.6) is 0 Å². The Morgan fingerprint density at radius 3 is 2.86 bits per heavy atom. The Balaban J connectivity index is 2.16. The predicted molar refractivity (Wildman–Crippen MR) is 84.7 cm³/mol. The highest BCUT2D eigenvalue weighted by atomic mass is 35.5. The molecule has 1 aromatic heterocycles. The third-order valence-corrected chi connectivity index (χ3v) is 3.55. The van der Waals surface area contributed by atoms with Gasteiger partial charge in [-0.2, -0.15) is 5.10 Å². The molecule has 0 spiro atoms. The molecule has 5 nitrogen and oxygen atoms in total. The van der Waals surface area contributed by atoms with Crippen LogP contribution < -0.4 is 11.1 Å². The number of carbonyl (C=O) groups excluding carboxylic acids is 1. The summed E-state index contributed by atoms with van der Waals surface area (Å²) in [6.07, 6.45) is 4.95. The van der Waals surface area contributed by atoms with Crippen molar-refractivity contribution in [3.63, 3.8) is 0 Å². The van der Waals surface area contributed by atoms with Gasteiger partial charge in [0.15, 0.2) is 0 Å². The molecule has 3 N–H and O–H groups in total. The molecule has 1 heterocycles. The molecule has 0 aliphatic rings. The van der Waals surface area contributed by atoms with E-state index in [1.165, 1.54) is 0 Å². The van der Waals surface area contributed by atoms with Crippen LogP contribution in [-0.2, 0) is 4.79 Å². The number of amides is 1. The zero-order valence-corrected chi connectivity index (χ0v) is 12.9. The maximum Gasteiger partial charge on any atom is 0.244 e. The van der Waals surface area contributed by atoms with Crippen molar-refractivity contribution in [1.82, 2.24) is 9.78 Å². The van der Waals surface area contributed by atoms with Crippen LogP contribution in [-0.4, -0.2) is 21.2 Å². The number of anilines is 1. The molecule has 0 bridgehead atoms. The number of rotatable bonds is 5. The van der Waals surface area contributed by atoms with E-state index in [1.54, 1.807) is 42.2 Å². The lowest BCUT2D eigenvalue weighted by Gasteiger charge is -2.23. The van der Waals surface area contributed by atoms with Gasteiger partial charge in [-0.25, -0.2) is 4.68 Å². The van der Waals surface area contributed by atoms with E-state index in [9.17, 15) is 4.79 Å². The van der Waals surface area contributed by atoms with Crippen LogP contribution in [0.1, 0.15) is 26.7 Å². The Labute approximate surface area is 129 Å². The molecule has 0 saturated heterocycles. The number of nitrogens with zero attached hydrogens (tertiary/aromatic N) is 2. The van der Waals surface area contributed by atoms with Crippen LogP contribution >= 0.6 is 11.6 Å². The van der Waals surface area contributed by atoms with Gasteiger partial charge in [0.25, 0.3) is 0 Å². The molecule has 1 atom stereocenters. The summed E-state index contributed by atoms with van der Waals surface area (Å²) < 4.78 is 1.66. The van der Waals surface area contributed by atoms with Crippen LogP contribution in [0.2, 0.25) is 5.02 Å². The zero-order chi connectivity index (χ0) is 15.5. The number of aromatic nitrogens is 2. The van der Waals surface area contributed by atoms with Gasteiger partial charge in [0.05, 0.1) is 16.2 Å². The van der Waals surface area contributed by atoms with Crippen molar-refractivity contribution in [1.29, 1.82) is 0 Å². The molecule has 0 aliphatic heterocycles. The van der Waals surface area contributed by atoms with Crippen LogP contribution in [0.3, 0.4) is 0 Å². The van der Waals surface area contributed by atoms with Gasteiger partial charge in [-0.05, 0) is 37.6 Å².